The zero-order valence-corrected chi connectivity index (χ0v) is 12.0. The summed E-state index contributed by atoms with van der Waals surface area (Å²) in [6.07, 6.45) is 0.571. The van der Waals surface area contributed by atoms with Crippen molar-refractivity contribution in [3.05, 3.63) is 64.2 Å². The molecule has 0 aliphatic carbocycles. The van der Waals surface area contributed by atoms with Crippen molar-refractivity contribution in [2.75, 3.05) is 0 Å². The number of benzene rings is 1. The van der Waals surface area contributed by atoms with Crippen molar-refractivity contribution >= 4 is 28.2 Å². The minimum Gasteiger partial charge on any atom is -0.415 e. The normalized spacial score (nSPS) is 10.6. The Balaban J connectivity index is 1.67. The molecule has 0 saturated carbocycles. The lowest BCUT2D eigenvalue weighted by atomic mass is 10.2. The number of thioether (sulfide) groups is 1. The van der Waals surface area contributed by atoms with Crippen LogP contribution in [0.15, 0.2) is 57.5 Å². The zero-order chi connectivity index (χ0) is 13.8. The quantitative estimate of drug-likeness (QED) is 0.688. The van der Waals surface area contributed by atoms with Gasteiger partial charge in [0.1, 0.15) is 0 Å². The molecule has 0 saturated heterocycles. The van der Waals surface area contributed by atoms with Gasteiger partial charge in [-0.2, -0.15) is 0 Å². The van der Waals surface area contributed by atoms with Crippen LogP contribution in [0.3, 0.4) is 0 Å². The van der Waals surface area contributed by atoms with Gasteiger partial charge in [-0.3, -0.25) is 4.79 Å². The lowest BCUT2D eigenvalue weighted by molar-refractivity contribution is 0.109. The lowest BCUT2D eigenvalue weighted by Gasteiger charge is -1.95. The largest absolute Gasteiger partial charge is 0.415 e. The van der Waals surface area contributed by atoms with E-state index in [-0.39, 0.29) is 10.3 Å². The molecule has 0 unspecified atom stereocenters. The number of hydrogen-bond donors (Lipinski definition) is 0. The summed E-state index contributed by atoms with van der Waals surface area (Å²) in [7, 11) is 0. The molecule has 2 heterocycles. The van der Waals surface area contributed by atoms with Gasteiger partial charge in [0.2, 0.25) is 11.0 Å². The molecule has 100 valence electrons. The Kier molecular flexibility index (Phi) is 3.94. The average Bonchev–Trinajstić information content (AvgIpc) is 3.11. The minimum atomic E-state index is -0.0742. The summed E-state index contributed by atoms with van der Waals surface area (Å²) in [5.41, 5.74) is 1.09. The van der Waals surface area contributed by atoms with Crippen molar-refractivity contribution in [3.63, 3.8) is 0 Å². The highest BCUT2D eigenvalue weighted by Gasteiger charge is 2.14. The third-order valence-electron chi connectivity index (χ3n) is 2.55. The summed E-state index contributed by atoms with van der Waals surface area (Å²) in [5.74, 6) is 0.512. The van der Waals surface area contributed by atoms with Crippen molar-refractivity contribution in [2.24, 2.45) is 0 Å². The maximum absolute atomic E-state index is 11.9. The molecule has 0 spiro atoms. The summed E-state index contributed by atoms with van der Waals surface area (Å²) < 4.78 is 5.48. The number of carbonyl (C=O) groups excluding carboxylic acids is 1. The Morgan fingerprint density at radius 2 is 2.00 bits per heavy atom. The molecule has 20 heavy (non-hydrogen) atoms. The van der Waals surface area contributed by atoms with Crippen molar-refractivity contribution in [2.45, 2.75) is 11.6 Å². The molecular formula is C14H10N2O2S2. The Morgan fingerprint density at radius 3 is 2.75 bits per heavy atom. The number of nitrogens with zero attached hydrogens (tertiary/aromatic N) is 2. The van der Waals surface area contributed by atoms with Crippen LogP contribution in [0.2, 0.25) is 0 Å². The molecule has 0 amide bonds. The summed E-state index contributed by atoms with van der Waals surface area (Å²) in [6.45, 7) is 0. The summed E-state index contributed by atoms with van der Waals surface area (Å²) >= 11 is 2.36. The number of thiophene rings is 1. The summed E-state index contributed by atoms with van der Waals surface area (Å²) in [5, 5.41) is 9.93. The molecule has 6 heteroatoms. The maximum atomic E-state index is 11.9. The van der Waals surface area contributed by atoms with Crippen LogP contribution in [-0.4, -0.2) is 15.3 Å². The van der Waals surface area contributed by atoms with E-state index in [1.54, 1.807) is 6.07 Å². The van der Waals surface area contributed by atoms with Crippen LogP contribution < -0.4 is 0 Å². The van der Waals surface area contributed by atoms with Crippen molar-refractivity contribution in [1.29, 1.82) is 0 Å². The fourth-order valence-electron chi connectivity index (χ4n) is 1.65. The van der Waals surface area contributed by atoms with Crippen LogP contribution in [0.4, 0.5) is 0 Å². The van der Waals surface area contributed by atoms with E-state index in [4.69, 9.17) is 4.42 Å². The predicted molar refractivity (Wildman–Crippen MR) is 78.1 cm³/mol. The standard InChI is InChI=1S/C14H10N2O2S2/c17-13(11-7-4-8-19-11)20-14-16-15-12(18-14)9-10-5-2-1-3-6-10/h1-8H,9H2. The zero-order valence-electron chi connectivity index (χ0n) is 10.4. The van der Waals surface area contributed by atoms with Crippen LogP contribution in [0.5, 0.6) is 0 Å². The second-order valence-electron chi connectivity index (χ2n) is 3.99. The van der Waals surface area contributed by atoms with Gasteiger partial charge in [0.15, 0.2) is 0 Å². The van der Waals surface area contributed by atoms with Crippen LogP contribution in [-0.2, 0) is 6.42 Å². The van der Waals surface area contributed by atoms with E-state index in [9.17, 15) is 4.79 Å². The van der Waals surface area contributed by atoms with Crippen LogP contribution >= 0.6 is 23.1 Å². The molecule has 2 aromatic heterocycles. The highest BCUT2D eigenvalue weighted by Crippen LogP contribution is 2.24. The molecule has 0 fully saturated rings. The fourth-order valence-corrected chi connectivity index (χ4v) is 3.02. The fraction of sp³-hybridized carbons (Fsp3) is 0.0714. The van der Waals surface area contributed by atoms with Crippen LogP contribution in [0.25, 0.3) is 0 Å². The highest BCUT2D eigenvalue weighted by atomic mass is 32.2. The van der Waals surface area contributed by atoms with E-state index in [0.29, 0.717) is 17.2 Å². The van der Waals surface area contributed by atoms with E-state index in [2.05, 4.69) is 10.2 Å². The molecule has 0 aliphatic heterocycles. The molecule has 3 rings (SSSR count). The minimum absolute atomic E-state index is 0.0742. The van der Waals surface area contributed by atoms with E-state index < -0.39 is 0 Å². The van der Waals surface area contributed by atoms with Gasteiger partial charge in [0.05, 0.1) is 11.3 Å². The monoisotopic (exact) mass is 302 g/mol. The van der Waals surface area contributed by atoms with E-state index in [1.807, 2.05) is 41.8 Å². The van der Waals surface area contributed by atoms with E-state index in [0.717, 1.165) is 17.3 Å². The molecule has 3 aromatic rings. The lowest BCUT2D eigenvalue weighted by Crippen LogP contribution is -1.88. The second kappa shape index (κ2) is 6.02. The van der Waals surface area contributed by atoms with Gasteiger partial charge in [-0.15, -0.1) is 21.5 Å². The second-order valence-corrected chi connectivity index (χ2v) is 5.86. The van der Waals surface area contributed by atoms with Gasteiger partial charge >= 0.3 is 0 Å². The first kappa shape index (κ1) is 13.1. The van der Waals surface area contributed by atoms with E-state index >= 15 is 0 Å². The van der Waals surface area contributed by atoms with Gasteiger partial charge in [-0.25, -0.2) is 0 Å². The van der Waals surface area contributed by atoms with Crippen molar-refractivity contribution < 1.29 is 9.21 Å². The Bertz CT molecular complexity index is 693. The first-order chi connectivity index (χ1) is 9.81. The third-order valence-corrected chi connectivity index (χ3v) is 4.29. The summed E-state index contributed by atoms with van der Waals surface area (Å²) in [4.78, 5) is 12.6. The molecule has 4 nitrogen and oxygen atoms in total. The first-order valence-corrected chi connectivity index (χ1v) is 7.63. The van der Waals surface area contributed by atoms with Gasteiger partial charge < -0.3 is 4.42 Å². The summed E-state index contributed by atoms with van der Waals surface area (Å²) in [6, 6.07) is 13.5. The smallest absolute Gasteiger partial charge is 0.284 e. The number of hydrogen-bond acceptors (Lipinski definition) is 6. The maximum Gasteiger partial charge on any atom is 0.284 e. The molecule has 0 bridgehead atoms. The van der Waals surface area contributed by atoms with Crippen LogP contribution in [0, 0.1) is 0 Å². The molecular weight excluding hydrogens is 292 g/mol. The Morgan fingerprint density at radius 1 is 1.15 bits per heavy atom. The van der Waals surface area contributed by atoms with Crippen molar-refractivity contribution in [1.82, 2.24) is 10.2 Å². The molecule has 0 N–H and O–H groups in total. The van der Waals surface area contributed by atoms with Crippen molar-refractivity contribution in [3.8, 4) is 0 Å². The first-order valence-electron chi connectivity index (χ1n) is 5.93. The van der Waals surface area contributed by atoms with Gasteiger partial charge in [-0.1, -0.05) is 36.4 Å². The molecule has 1 aromatic carbocycles. The molecule has 0 atom stereocenters. The van der Waals surface area contributed by atoms with Crippen LogP contribution in [0.1, 0.15) is 21.1 Å². The molecule has 0 aliphatic rings. The highest BCUT2D eigenvalue weighted by molar-refractivity contribution is 8.14. The number of rotatable bonds is 4. The van der Waals surface area contributed by atoms with Gasteiger partial charge in [-0.05, 0) is 17.0 Å². The number of carbonyl (C=O) groups is 1. The molecule has 0 radical (unpaired) electrons. The van der Waals surface area contributed by atoms with E-state index in [1.165, 1.54) is 11.3 Å². The number of aromatic nitrogens is 2. The third kappa shape index (κ3) is 3.15. The average molecular weight is 302 g/mol. The Hall–Kier alpha value is -1.92. The van der Waals surface area contributed by atoms with Gasteiger partial charge in [0.25, 0.3) is 5.22 Å². The topological polar surface area (TPSA) is 56.0 Å². The predicted octanol–water partition coefficient (Wildman–Crippen LogP) is 3.65. The van der Waals surface area contributed by atoms with Gasteiger partial charge in [0, 0.05) is 11.8 Å². The SMILES string of the molecule is O=C(Sc1nnc(Cc2ccccc2)o1)c1cccs1. The Labute approximate surface area is 123 Å².